The van der Waals surface area contributed by atoms with Crippen molar-refractivity contribution in [1.82, 2.24) is 34.9 Å². The van der Waals surface area contributed by atoms with Crippen LogP contribution in [-0.4, -0.2) is 48.5 Å². The van der Waals surface area contributed by atoms with Gasteiger partial charge in [0.25, 0.3) is 0 Å². The minimum absolute atomic E-state index is 0.222. The summed E-state index contributed by atoms with van der Waals surface area (Å²) < 4.78 is 3.06. The highest BCUT2D eigenvalue weighted by Gasteiger charge is 2.14. The molecule has 0 saturated carbocycles. The predicted molar refractivity (Wildman–Crippen MR) is 81.8 cm³/mol. The Morgan fingerprint density at radius 2 is 2.24 bits per heavy atom. The molecule has 3 heterocycles. The van der Waals surface area contributed by atoms with Gasteiger partial charge in [-0.25, -0.2) is 4.98 Å². The van der Waals surface area contributed by atoms with Crippen molar-refractivity contribution in [3.8, 4) is 0 Å². The number of halogens is 1. The van der Waals surface area contributed by atoms with Gasteiger partial charge in [-0.2, -0.15) is 5.21 Å². The lowest BCUT2D eigenvalue weighted by Crippen LogP contribution is -2.23. The van der Waals surface area contributed by atoms with E-state index < -0.39 is 0 Å². The molecule has 3 aromatic rings. The summed E-state index contributed by atoms with van der Waals surface area (Å²) in [6.07, 6.45) is 4.06. The van der Waals surface area contributed by atoms with Crippen LogP contribution < -0.4 is 0 Å². The van der Waals surface area contributed by atoms with E-state index in [0.29, 0.717) is 0 Å². The lowest BCUT2D eigenvalue weighted by molar-refractivity contribution is 0.303. The number of pyridine rings is 1. The molecule has 3 aromatic heterocycles. The molecule has 110 valence electrons. The maximum atomic E-state index is 4.61. The molecule has 0 aliphatic carbocycles. The first-order chi connectivity index (χ1) is 10.1. The molecule has 1 N–H and O–H groups in total. The van der Waals surface area contributed by atoms with Crippen LogP contribution in [0.15, 0.2) is 29.0 Å². The van der Waals surface area contributed by atoms with Crippen molar-refractivity contribution >= 4 is 21.6 Å². The van der Waals surface area contributed by atoms with Crippen LogP contribution in [0.3, 0.4) is 0 Å². The standard InChI is InChI=1S/C13H16BrN7/c1-9(13-16-18-19-17-13)5-20(2)7-11-8-21-6-10(14)3-4-12(21)15-11/h3-4,6,8-9H,5,7H2,1-2H3,(H,16,17,18,19). The summed E-state index contributed by atoms with van der Waals surface area (Å²) in [6, 6.07) is 3.99. The second-order valence-corrected chi connectivity index (χ2v) is 6.13. The first-order valence-corrected chi connectivity index (χ1v) is 7.46. The Labute approximate surface area is 130 Å². The third-order valence-corrected chi connectivity index (χ3v) is 3.75. The van der Waals surface area contributed by atoms with Crippen LogP contribution in [0.5, 0.6) is 0 Å². The highest BCUT2D eigenvalue weighted by Crippen LogP contribution is 2.15. The Morgan fingerprint density at radius 3 is 3.00 bits per heavy atom. The maximum absolute atomic E-state index is 4.61. The van der Waals surface area contributed by atoms with Gasteiger partial charge in [-0.1, -0.05) is 12.1 Å². The molecule has 0 aromatic carbocycles. The number of likely N-dealkylation sites (N-methyl/N-ethyl adjacent to an activating group) is 1. The molecule has 0 radical (unpaired) electrons. The summed E-state index contributed by atoms with van der Waals surface area (Å²) in [5.74, 6) is 0.959. The monoisotopic (exact) mass is 349 g/mol. The van der Waals surface area contributed by atoms with E-state index in [4.69, 9.17) is 0 Å². The highest BCUT2D eigenvalue weighted by atomic mass is 79.9. The highest BCUT2D eigenvalue weighted by molar-refractivity contribution is 9.10. The number of rotatable bonds is 5. The second kappa shape index (κ2) is 5.90. The molecule has 0 fully saturated rings. The number of hydrogen-bond donors (Lipinski definition) is 1. The van der Waals surface area contributed by atoms with Crippen molar-refractivity contribution in [3.63, 3.8) is 0 Å². The fraction of sp³-hybridized carbons (Fsp3) is 0.385. The second-order valence-electron chi connectivity index (χ2n) is 5.21. The lowest BCUT2D eigenvalue weighted by Gasteiger charge is -2.18. The number of aromatic amines is 1. The molecule has 0 amide bonds. The zero-order valence-electron chi connectivity index (χ0n) is 11.9. The number of imidazole rings is 1. The molecule has 8 heteroatoms. The first-order valence-electron chi connectivity index (χ1n) is 6.67. The maximum Gasteiger partial charge on any atom is 0.178 e. The van der Waals surface area contributed by atoms with E-state index in [1.807, 2.05) is 22.7 Å². The Hall–Kier alpha value is -1.80. The van der Waals surface area contributed by atoms with Crippen LogP contribution in [0.25, 0.3) is 5.65 Å². The lowest BCUT2D eigenvalue weighted by atomic mass is 10.1. The molecule has 7 nitrogen and oxygen atoms in total. The van der Waals surface area contributed by atoms with Crippen LogP contribution in [0, 0.1) is 0 Å². The van der Waals surface area contributed by atoms with Gasteiger partial charge >= 0.3 is 0 Å². The normalized spacial score (nSPS) is 13.1. The number of fused-ring (bicyclic) bond motifs is 1. The molecule has 1 atom stereocenters. The van der Waals surface area contributed by atoms with E-state index in [0.717, 1.165) is 34.7 Å². The average Bonchev–Trinajstić information content (AvgIpc) is 3.06. The van der Waals surface area contributed by atoms with Crippen molar-refractivity contribution in [2.24, 2.45) is 0 Å². The minimum Gasteiger partial charge on any atom is -0.306 e. The molecule has 21 heavy (non-hydrogen) atoms. The van der Waals surface area contributed by atoms with Gasteiger partial charge in [0.1, 0.15) is 5.65 Å². The van der Waals surface area contributed by atoms with Crippen LogP contribution in [0.2, 0.25) is 0 Å². The zero-order valence-corrected chi connectivity index (χ0v) is 13.4. The molecule has 0 aliphatic heterocycles. The largest absolute Gasteiger partial charge is 0.306 e. The Morgan fingerprint density at radius 1 is 1.38 bits per heavy atom. The van der Waals surface area contributed by atoms with E-state index in [1.165, 1.54) is 0 Å². The van der Waals surface area contributed by atoms with Gasteiger partial charge in [0.05, 0.1) is 5.69 Å². The average molecular weight is 350 g/mol. The fourth-order valence-corrected chi connectivity index (χ4v) is 2.71. The summed E-state index contributed by atoms with van der Waals surface area (Å²) in [7, 11) is 2.07. The molecule has 0 aliphatic rings. The summed E-state index contributed by atoms with van der Waals surface area (Å²) >= 11 is 3.47. The van der Waals surface area contributed by atoms with Gasteiger partial charge in [0, 0.05) is 35.9 Å². The summed E-state index contributed by atoms with van der Waals surface area (Å²) in [5.41, 5.74) is 1.99. The van der Waals surface area contributed by atoms with E-state index in [-0.39, 0.29) is 5.92 Å². The molecule has 0 bridgehead atoms. The number of nitrogens with zero attached hydrogens (tertiary/aromatic N) is 6. The van der Waals surface area contributed by atoms with Gasteiger partial charge in [-0.3, -0.25) is 4.90 Å². The predicted octanol–water partition coefficient (Wildman–Crippen LogP) is 1.85. The molecular formula is C13H16BrN7. The smallest absolute Gasteiger partial charge is 0.178 e. The zero-order chi connectivity index (χ0) is 14.8. The van der Waals surface area contributed by atoms with E-state index in [2.05, 4.69) is 66.6 Å². The van der Waals surface area contributed by atoms with Gasteiger partial charge in [0.15, 0.2) is 5.82 Å². The SMILES string of the molecule is CC(CN(C)Cc1cn2cc(Br)ccc2n1)c1nn[nH]n1. The van der Waals surface area contributed by atoms with Gasteiger partial charge in [-0.15, -0.1) is 10.2 Å². The number of hydrogen-bond acceptors (Lipinski definition) is 5. The number of aromatic nitrogens is 6. The summed E-state index contributed by atoms with van der Waals surface area (Å²) in [5, 5.41) is 14.1. The van der Waals surface area contributed by atoms with Crippen molar-refractivity contribution in [3.05, 3.63) is 40.5 Å². The molecule has 1 unspecified atom stereocenters. The van der Waals surface area contributed by atoms with Gasteiger partial charge < -0.3 is 4.40 Å². The quantitative estimate of drug-likeness (QED) is 0.760. The van der Waals surface area contributed by atoms with E-state index in [1.54, 1.807) is 0 Å². The Bertz CT molecular complexity index is 721. The number of nitrogens with one attached hydrogen (secondary N) is 1. The topological polar surface area (TPSA) is 75.0 Å². The third kappa shape index (κ3) is 3.27. The Balaban J connectivity index is 1.67. The van der Waals surface area contributed by atoms with Crippen LogP contribution in [-0.2, 0) is 6.54 Å². The fourth-order valence-electron chi connectivity index (χ4n) is 2.36. The van der Waals surface area contributed by atoms with Crippen molar-refractivity contribution in [2.75, 3.05) is 13.6 Å². The van der Waals surface area contributed by atoms with Gasteiger partial charge in [-0.05, 0) is 35.1 Å². The van der Waals surface area contributed by atoms with Crippen LogP contribution in [0.4, 0.5) is 0 Å². The van der Waals surface area contributed by atoms with Crippen molar-refractivity contribution in [1.29, 1.82) is 0 Å². The first kappa shape index (κ1) is 14.2. The van der Waals surface area contributed by atoms with E-state index in [9.17, 15) is 0 Å². The van der Waals surface area contributed by atoms with Gasteiger partial charge in [0.2, 0.25) is 0 Å². The molecule has 0 spiro atoms. The number of tetrazole rings is 1. The molecular weight excluding hydrogens is 334 g/mol. The molecule has 0 saturated heterocycles. The third-order valence-electron chi connectivity index (χ3n) is 3.28. The van der Waals surface area contributed by atoms with Crippen molar-refractivity contribution < 1.29 is 0 Å². The molecule has 3 rings (SSSR count). The summed E-state index contributed by atoms with van der Waals surface area (Å²) in [6.45, 7) is 3.71. The van der Waals surface area contributed by atoms with Crippen molar-refractivity contribution in [2.45, 2.75) is 19.4 Å². The summed E-state index contributed by atoms with van der Waals surface area (Å²) in [4.78, 5) is 6.82. The van der Waals surface area contributed by atoms with Crippen LogP contribution in [0.1, 0.15) is 24.4 Å². The Kier molecular flexibility index (Phi) is 3.98. The van der Waals surface area contributed by atoms with Crippen LogP contribution >= 0.6 is 15.9 Å². The minimum atomic E-state index is 0.222. The van der Waals surface area contributed by atoms with E-state index >= 15 is 0 Å². The number of H-pyrrole nitrogens is 1.